The van der Waals surface area contributed by atoms with Gasteiger partial charge in [0.15, 0.2) is 5.78 Å². The Morgan fingerprint density at radius 1 is 1.14 bits per heavy atom. The maximum Gasteiger partial charge on any atom is 0.415 e. The molecule has 9 heteroatoms. The quantitative estimate of drug-likeness (QED) is 0.349. The highest BCUT2D eigenvalue weighted by atomic mass is 35.5. The van der Waals surface area contributed by atoms with E-state index in [1.54, 1.807) is 18.9 Å². The summed E-state index contributed by atoms with van der Waals surface area (Å²) in [6.07, 6.45) is 0.183. The summed E-state index contributed by atoms with van der Waals surface area (Å²) in [6.45, 7) is 5.51. The van der Waals surface area contributed by atoms with Crippen LogP contribution < -0.4 is 4.74 Å². The van der Waals surface area contributed by atoms with Crippen molar-refractivity contribution in [3.05, 3.63) is 58.3 Å². The molecule has 1 saturated heterocycles. The summed E-state index contributed by atoms with van der Waals surface area (Å²) < 4.78 is 17.0. The van der Waals surface area contributed by atoms with E-state index in [0.717, 1.165) is 16.7 Å². The molecule has 1 atom stereocenters. The van der Waals surface area contributed by atoms with Crippen LogP contribution in [0.15, 0.2) is 47.3 Å². The Hall–Kier alpha value is -3.36. The molecule has 37 heavy (non-hydrogen) atoms. The second-order valence-electron chi connectivity index (χ2n) is 9.12. The van der Waals surface area contributed by atoms with Crippen molar-refractivity contribution in [1.82, 2.24) is 4.90 Å². The lowest BCUT2D eigenvalue weighted by Crippen LogP contribution is -2.40. The van der Waals surface area contributed by atoms with E-state index >= 15 is 0 Å². The summed E-state index contributed by atoms with van der Waals surface area (Å²) in [4.78, 5) is 33.2. The molecule has 8 nitrogen and oxygen atoms in total. The first-order valence-corrected chi connectivity index (χ1v) is 12.5. The number of aryl methyl sites for hydroxylation is 1. The van der Waals surface area contributed by atoms with Crippen molar-refractivity contribution in [1.29, 1.82) is 0 Å². The first-order valence-electron chi connectivity index (χ1n) is 12.2. The SMILES string of the molecule is CON=C(C)CC1CC(OC(=O)N2CCOCC2)=C(c2c(C)cc(-c3ccc(Cl)cc3)cc2OC)C1=O. The summed E-state index contributed by atoms with van der Waals surface area (Å²) in [7, 11) is 3.03. The lowest BCUT2D eigenvalue weighted by Gasteiger charge is -2.26. The molecule has 0 spiro atoms. The molecule has 1 aliphatic carbocycles. The number of carbonyl (C=O) groups is 2. The van der Waals surface area contributed by atoms with Crippen molar-refractivity contribution in [2.75, 3.05) is 40.5 Å². The number of morpholine rings is 1. The van der Waals surface area contributed by atoms with E-state index in [9.17, 15) is 9.59 Å². The van der Waals surface area contributed by atoms with Crippen molar-refractivity contribution >= 4 is 34.8 Å². The zero-order chi connectivity index (χ0) is 26.5. The molecule has 1 heterocycles. The zero-order valence-corrected chi connectivity index (χ0v) is 22.3. The second-order valence-corrected chi connectivity index (χ2v) is 9.56. The van der Waals surface area contributed by atoms with Crippen molar-refractivity contribution in [2.45, 2.75) is 26.7 Å². The Balaban J connectivity index is 1.75. The highest BCUT2D eigenvalue weighted by Crippen LogP contribution is 2.44. The molecule has 0 bridgehead atoms. The average molecular weight is 527 g/mol. The van der Waals surface area contributed by atoms with Gasteiger partial charge in [0.25, 0.3) is 0 Å². The Labute approximate surface area is 221 Å². The van der Waals surface area contributed by atoms with Crippen LogP contribution in [0.25, 0.3) is 16.7 Å². The summed E-state index contributed by atoms with van der Waals surface area (Å²) in [5.41, 5.74) is 4.39. The van der Waals surface area contributed by atoms with Crippen molar-refractivity contribution in [3.8, 4) is 16.9 Å². The molecule has 1 unspecified atom stereocenters. The minimum Gasteiger partial charge on any atom is -0.496 e. The van der Waals surface area contributed by atoms with Crippen LogP contribution in [0, 0.1) is 12.8 Å². The van der Waals surface area contributed by atoms with Crippen molar-refractivity contribution < 1.29 is 28.6 Å². The minimum absolute atomic E-state index is 0.115. The van der Waals surface area contributed by atoms with E-state index < -0.39 is 12.0 Å². The van der Waals surface area contributed by atoms with E-state index in [1.807, 2.05) is 43.3 Å². The number of halogens is 1. The monoisotopic (exact) mass is 526 g/mol. The predicted molar refractivity (Wildman–Crippen MR) is 142 cm³/mol. The number of benzene rings is 2. The number of ether oxygens (including phenoxy) is 3. The van der Waals surface area contributed by atoms with Crippen LogP contribution in [-0.2, 0) is 19.1 Å². The highest BCUT2D eigenvalue weighted by Gasteiger charge is 2.39. The fourth-order valence-electron chi connectivity index (χ4n) is 4.79. The molecule has 0 radical (unpaired) electrons. The van der Waals surface area contributed by atoms with Crippen LogP contribution >= 0.6 is 11.6 Å². The maximum atomic E-state index is 13.8. The molecule has 2 aliphatic rings. The number of Topliss-reactive ketones (excluding diaryl/α,β-unsaturated/α-hetero) is 1. The Morgan fingerprint density at radius 3 is 2.49 bits per heavy atom. The van der Waals surface area contributed by atoms with E-state index in [1.165, 1.54) is 7.11 Å². The van der Waals surface area contributed by atoms with Gasteiger partial charge in [-0.25, -0.2) is 4.79 Å². The summed E-state index contributed by atoms with van der Waals surface area (Å²) in [6, 6.07) is 11.4. The lowest BCUT2D eigenvalue weighted by atomic mass is 9.90. The third-order valence-corrected chi connectivity index (χ3v) is 6.80. The summed E-state index contributed by atoms with van der Waals surface area (Å²) in [5, 5.41) is 4.61. The fourth-order valence-corrected chi connectivity index (χ4v) is 4.92. The molecular formula is C28H31ClN2O6. The third-order valence-electron chi connectivity index (χ3n) is 6.54. The van der Waals surface area contributed by atoms with Gasteiger partial charge >= 0.3 is 6.09 Å². The number of hydrogen-bond donors (Lipinski definition) is 0. The molecule has 2 aromatic carbocycles. The predicted octanol–water partition coefficient (Wildman–Crippen LogP) is 5.51. The molecule has 4 rings (SSSR count). The highest BCUT2D eigenvalue weighted by molar-refractivity contribution is 6.30. The van der Waals surface area contributed by atoms with Gasteiger partial charge in [0.05, 0.1) is 31.6 Å². The number of ketones is 1. The van der Waals surface area contributed by atoms with E-state index in [-0.39, 0.29) is 12.2 Å². The number of oxime groups is 1. The molecule has 196 valence electrons. The van der Waals surface area contributed by atoms with Crippen LogP contribution in [-0.4, -0.2) is 63.0 Å². The Morgan fingerprint density at radius 2 is 1.84 bits per heavy atom. The number of carbonyl (C=O) groups excluding carboxylic acids is 2. The smallest absolute Gasteiger partial charge is 0.415 e. The minimum atomic E-state index is -0.485. The molecule has 2 aromatic rings. The molecule has 1 amide bonds. The van der Waals surface area contributed by atoms with Crippen LogP contribution in [0.4, 0.5) is 4.79 Å². The van der Waals surface area contributed by atoms with Crippen molar-refractivity contribution in [2.24, 2.45) is 11.1 Å². The fraction of sp³-hybridized carbons (Fsp3) is 0.393. The van der Waals surface area contributed by atoms with Gasteiger partial charge in [-0.2, -0.15) is 0 Å². The molecule has 0 N–H and O–H groups in total. The zero-order valence-electron chi connectivity index (χ0n) is 21.5. The Bertz CT molecular complexity index is 1230. The summed E-state index contributed by atoms with van der Waals surface area (Å²) >= 11 is 6.06. The summed E-state index contributed by atoms with van der Waals surface area (Å²) in [5.74, 6) is 0.325. The van der Waals surface area contributed by atoms with Gasteiger partial charge in [0.1, 0.15) is 18.6 Å². The van der Waals surface area contributed by atoms with Crippen LogP contribution in [0.2, 0.25) is 5.02 Å². The number of allylic oxidation sites excluding steroid dienone is 2. The number of methoxy groups -OCH3 is 1. The first kappa shape index (κ1) is 26.7. The largest absolute Gasteiger partial charge is 0.496 e. The van der Waals surface area contributed by atoms with Crippen LogP contribution in [0.1, 0.15) is 30.9 Å². The third kappa shape index (κ3) is 5.97. The molecule has 1 aliphatic heterocycles. The van der Waals surface area contributed by atoms with Crippen LogP contribution in [0.5, 0.6) is 5.75 Å². The van der Waals surface area contributed by atoms with E-state index in [0.29, 0.717) is 66.1 Å². The van der Waals surface area contributed by atoms with Gasteiger partial charge < -0.3 is 23.9 Å². The standard InChI is InChI=1S/C28H31ClN2O6/c1-17-13-20(19-5-7-22(29)8-6-19)15-23(34-3)25(17)26-24(37-28(33)31-9-11-36-12-10-31)16-21(27(26)32)14-18(2)30-35-4/h5-8,13,15,21H,9-12,14,16H2,1-4H3. The average Bonchev–Trinajstić information content (AvgIpc) is 3.18. The van der Waals surface area contributed by atoms with Crippen LogP contribution in [0.3, 0.4) is 0 Å². The van der Waals surface area contributed by atoms with Gasteiger partial charge in [0.2, 0.25) is 0 Å². The first-order chi connectivity index (χ1) is 17.8. The van der Waals surface area contributed by atoms with Gasteiger partial charge in [-0.1, -0.05) is 35.0 Å². The van der Waals surface area contributed by atoms with E-state index in [2.05, 4.69) is 5.16 Å². The van der Waals surface area contributed by atoms with Gasteiger partial charge in [-0.3, -0.25) is 4.79 Å². The maximum absolute atomic E-state index is 13.8. The normalized spacial score (nSPS) is 18.3. The second kappa shape index (κ2) is 11.8. The van der Waals surface area contributed by atoms with E-state index in [4.69, 9.17) is 30.6 Å². The number of nitrogens with zero attached hydrogens (tertiary/aromatic N) is 2. The van der Waals surface area contributed by atoms with Crippen molar-refractivity contribution in [3.63, 3.8) is 0 Å². The number of hydrogen-bond acceptors (Lipinski definition) is 7. The van der Waals surface area contributed by atoms with Gasteiger partial charge in [-0.15, -0.1) is 0 Å². The molecular weight excluding hydrogens is 496 g/mol. The Kier molecular flexibility index (Phi) is 8.51. The van der Waals surface area contributed by atoms with Gasteiger partial charge in [-0.05, 0) is 55.2 Å². The van der Waals surface area contributed by atoms with Gasteiger partial charge in [0, 0.05) is 36.0 Å². The topological polar surface area (TPSA) is 86.7 Å². The molecule has 0 saturated carbocycles. The number of rotatable bonds is 7. The lowest BCUT2D eigenvalue weighted by molar-refractivity contribution is -0.116. The molecule has 0 aromatic heterocycles. The number of amides is 1. The molecule has 1 fully saturated rings.